The van der Waals surface area contributed by atoms with Gasteiger partial charge in [-0.3, -0.25) is 4.98 Å². The van der Waals surface area contributed by atoms with Gasteiger partial charge in [-0.15, -0.1) is 0 Å². The van der Waals surface area contributed by atoms with Gasteiger partial charge in [0.05, 0.1) is 12.4 Å². The quantitative estimate of drug-likeness (QED) is 0.818. The van der Waals surface area contributed by atoms with Crippen molar-refractivity contribution < 1.29 is 0 Å². The Morgan fingerprint density at radius 1 is 1.00 bits per heavy atom. The van der Waals surface area contributed by atoms with E-state index in [1.807, 2.05) is 24.3 Å². The molecule has 4 nitrogen and oxygen atoms in total. The van der Waals surface area contributed by atoms with Crippen molar-refractivity contribution in [3.63, 3.8) is 0 Å². The zero-order valence-corrected chi connectivity index (χ0v) is 12.3. The standard InChI is InChI=1S/C15H19ClN4/c1-2-8-18-14-10-17-11-15(20-14)19-9-7-12-3-5-13(16)6-4-12/h3-6,10-11H,2,7-9H2,1H3,(H2,18,19,20). The maximum Gasteiger partial charge on any atom is 0.146 e. The monoisotopic (exact) mass is 290 g/mol. The third kappa shape index (κ3) is 4.70. The lowest BCUT2D eigenvalue weighted by Crippen LogP contribution is -2.09. The molecule has 0 amide bonds. The molecular formula is C15H19ClN4. The van der Waals surface area contributed by atoms with Crippen molar-refractivity contribution in [2.45, 2.75) is 19.8 Å². The van der Waals surface area contributed by atoms with Crippen molar-refractivity contribution in [1.29, 1.82) is 0 Å². The molecule has 106 valence electrons. The van der Waals surface area contributed by atoms with Gasteiger partial charge < -0.3 is 10.6 Å². The number of aromatic nitrogens is 2. The van der Waals surface area contributed by atoms with Gasteiger partial charge in [-0.2, -0.15) is 0 Å². The Bertz CT molecular complexity index is 528. The van der Waals surface area contributed by atoms with Gasteiger partial charge in [0.15, 0.2) is 0 Å². The molecule has 1 aromatic heterocycles. The molecule has 0 bridgehead atoms. The largest absolute Gasteiger partial charge is 0.369 e. The van der Waals surface area contributed by atoms with E-state index in [-0.39, 0.29) is 0 Å². The number of halogens is 1. The fraction of sp³-hybridized carbons (Fsp3) is 0.333. The van der Waals surface area contributed by atoms with Crippen molar-refractivity contribution in [3.05, 3.63) is 47.2 Å². The van der Waals surface area contributed by atoms with Gasteiger partial charge in [-0.1, -0.05) is 30.7 Å². The highest BCUT2D eigenvalue weighted by atomic mass is 35.5. The van der Waals surface area contributed by atoms with Crippen molar-refractivity contribution in [3.8, 4) is 0 Å². The molecule has 0 saturated heterocycles. The number of hydrogen-bond acceptors (Lipinski definition) is 4. The van der Waals surface area contributed by atoms with Crippen molar-refractivity contribution >= 4 is 23.2 Å². The summed E-state index contributed by atoms with van der Waals surface area (Å²) in [5.41, 5.74) is 1.25. The minimum atomic E-state index is 0.766. The molecule has 0 radical (unpaired) electrons. The number of rotatable bonds is 7. The maximum absolute atomic E-state index is 5.86. The predicted molar refractivity (Wildman–Crippen MR) is 84.5 cm³/mol. The Kier molecular flexibility index (Phi) is 5.62. The summed E-state index contributed by atoms with van der Waals surface area (Å²) in [6.45, 7) is 3.84. The summed E-state index contributed by atoms with van der Waals surface area (Å²) in [7, 11) is 0. The second kappa shape index (κ2) is 7.70. The van der Waals surface area contributed by atoms with Crippen LogP contribution in [-0.2, 0) is 6.42 Å². The van der Waals surface area contributed by atoms with E-state index >= 15 is 0 Å². The third-order valence-corrected chi connectivity index (χ3v) is 3.08. The van der Waals surface area contributed by atoms with Gasteiger partial charge in [0, 0.05) is 18.1 Å². The lowest BCUT2D eigenvalue weighted by molar-refractivity contribution is 0.958. The molecule has 5 heteroatoms. The smallest absolute Gasteiger partial charge is 0.146 e. The van der Waals surface area contributed by atoms with Gasteiger partial charge in [-0.05, 0) is 30.5 Å². The highest BCUT2D eigenvalue weighted by molar-refractivity contribution is 6.30. The number of hydrogen-bond donors (Lipinski definition) is 2. The molecule has 1 aromatic carbocycles. The van der Waals surface area contributed by atoms with Gasteiger partial charge in [0.1, 0.15) is 11.6 Å². The molecular weight excluding hydrogens is 272 g/mol. The molecule has 0 unspecified atom stereocenters. The van der Waals surface area contributed by atoms with Crippen LogP contribution in [0, 0.1) is 0 Å². The zero-order chi connectivity index (χ0) is 14.2. The summed E-state index contributed by atoms with van der Waals surface area (Å²) in [5.74, 6) is 1.60. The van der Waals surface area contributed by atoms with Crippen LogP contribution >= 0.6 is 11.6 Å². The molecule has 1 heterocycles. The van der Waals surface area contributed by atoms with E-state index in [0.717, 1.165) is 42.6 Å². The molecule has 0 aliphatic heterocycles. The van der Waals surface area contributed by atoms with Crippen molar-refractivity contribution in [2.24, 2.45) is 0 Å². The van der Waals surface area contributed by atoms with Gasteiger partial charge in [0.2, 0.25) is 0 Å². The van der Waals surface area contributed by atoms with Crippen LogP contribution < -0.4 is 10.6 Å². The Labute approximate surface area is 124 Å². The molecule has 0 saturated carbocycles. The summed E-state index contributed by atoms with van der Waals surface area (Å²) in [6.07, 6.45) is 5.46. The summed E-state index contributed by atoms with van der Waals surface area (Å²) in [5, 5.41) is 7.26. The van der Waals surface area contributed by atoms with Crippen LogP contribution in [0.4, 0.5) is 11.6 Å². The summed E-state index contributed by atoms with van der Waals surface area (Å²) < 4.78 is 0. The van der Waals surface area contributed by atoms with Crippen LogP contribution in [-0.4, -0.2) is 23.1 Å². The Hall–Kier alpha value is -1.81. The van der Waals surface area contributed by atoms with Crippen LogP contribution in [0.15, 0.2) is 36.7 Å². The average molecular weight is 291 g/mol. The Morgan fingerprint density at radius 3 is 2.30 bits per heavy atom. The highest BCUT2D eigenvalue weighted by Crippen LogP contribution is 2.11. The normalized spacial score (nSPS) is 10.3. The SMILES string of the molecule is CCCNc1cncc(NCCc2ccc(Cl)cc2)n1. The average Bonchev–Trinajstić information content (AvgIpc) is 2.48. The van der Waals surface area contributed by atoms with E-state index in [4.69, 9.17) is 11.6 Å². The van der Waals surface area contributed by atoms with E-state index in [1.165, 1.54) is 5.56 Å². The fourth-order valence-corrected chi connectivity index (χ4v) is 1.90. The van der Waals surface area contributed by atoms with Crippen LogP contribution in [0.25, 0.3) is 0 Å². The summed E-state index contributed by atoms with van der Waals surface area (Å²) in [6, 6.07) is 7.89. The minimum absolute atomic E-state index is 0.766. The first kappa shape index (κ1) is 14.6. The fourth-order valence-electron chi connectivity index (χ4n) is 1.78. The molecule has 0 aliphatic carbocycles. The third-order valence-electron chi connectivity index (χ3n) is 2.82. The summed E-state index contributed by atoms with van der Waals surface area (Å²) >= 11 is 5.86. The predicted octanol–water partition coefficient (Wildman–Crippen LogP) is 3.61. The second-order valence-corrected chi connectivity index (χ2v) is 4.96. The number of nitrogens with one attached hydrogen (secondary N) is 2. The van der Waals surface area contributed by atoms with Gasteiger partial charge >= 0.3 is 0 Å². The van der Waals surface area contributed by atoms with E-state index in [9.17, 15) is 0 Å². The molecule has 0 spiro atoms. The molecule has 0 atom stereocenters. The first-order chi connectivity index (χ1) is 9.78. The molecule has 0 fully saturated rings. The lowest BCUT2D eigenvalue weighted by atomic mass is 10.1. The van der Waals surface area contributed by atoms with Crippen molar-refractivity contribution in [2.75, 3.05) is 23.7 Å². The summed E-state index contributed by atoms with van der Waals surface area (Å²) in [4.78, 5) is 8.62. The van der Waals surface area contributed by atoms with Crippen LogP contribution in [0.2, 0.25) is 5.02 Å². The van der Waals surface area contributed by atoms with Gasteiger partial charge in [-0.25, -0.2) is 4.98 Å². The first-order valence-electron chi connectivity index (χ1n) is 6.82. The molecule has 20 heavy (non-hydrogen) atoms. The van der Waals surface area contributed by atoms with E-state index in [0.29, 0.717) is 0 Å². The second-order valence-electron chi connectivity index (χ2n) is 4.52. The lowest BCUT2D eigenvalue weighted by Gasteiger charge is -2.08. The van der Waals surface area contributed by atoms with Gasteiger partial charge in [0.25, 0.3) is 0 Å². The van der Waals surface area contributed by atoms with E-state index in [1.54, 1.807) is 12.4 Å². The van der Waals surface area contributed by atoms with Crippen molar-refractivity contribution in [1.82, 2.24) is 9.97 Å². The Morgan fingerprint density at radius 2 is 1.65 bits per heavy atom. The zero-order valence-electron chi connectivity index (χ0n) is 11.6. The van der Waals surface area contributed by atoms with E-state index in [2.05, 4.69) is 27.5 Å². The number of nitrogens with zero attached hydrogens (tertiary/aromatic N) is 2. The molecule has 2 rings (SSSR count). The Balaban J connectivity index is 1.82. The molecule has 0 aliphatic rings. The number of anilines is 2. The molecule has 2 aromatic rings. The maximum atomic E-state index is 5.86. The first-order valence-corrected chi connectivity index (χ1v) is 7.20. The highest BCUT2D eigenvalue weighted by Gasteiger charge is 1.98. The minimum Gasteiger partial charge on any atom is -0.369 e. The van der Waals surface area contributed by atoms with Crippen LogP contribution in [0.3, 0.4) is 0 Å². The molecule has 2 N–H and O–H groups in total. The van der Waals surface area contributed by atoms with Crippen LogP contribution in [0.1, 0.15) is 18.9 Å². The van der Waals surface area contributed by atoms with E-state index < -0.39 is 0 Å². The topological polar surface area (TPSA) is 49.8 Å². The number of benzene rings is 1. The van der Waals surface area contributed by atoms with Crippen LogP contribution in [0.5, 0.6) is 0 Å².